The Kier molecular flexibility index (Phi) is 6.20. The largest absolute Gasteiger partial charge is 0.273 e. The molecule has 0 aromatic heterocycles. The molecule has 1 unspecified atom stereocenters. The molecule has 1 aliphatic rings. The molecule has 0 fully saturated rings. The van der Waals surface area contributed by atoms with Crippen molar-refractivity contribution in [2.24, 2.45) is 5.10 Å². The lowest BCUT2D eigenvalue weighted by Gasteiger charge is -2.15. The van der Waals surface area contributed by atoms with Crippen LogP contribution in [0.5, 0.6) is 0 Å². The third-order valence-corrected chi connectivity index (χ3v) is 7.21. The Labute approximate surface area is 186 Å². The Morgan fingerprint density at radius 3 is 2.19 bits per heavy atom. The highest BCUT2D eigenvalue weighted by Crippen LogP contribution is 2.29. The van der Waals surface area contributed by atoms with E-state index >= 15 is 0 Å². The molecule has 1 amide bonds. The SMILES string of the molecule is O=C(CCS(=O)(=O)c1ccccc1)N1CC(c2ccccc2)C(c2ccc(Cl)cc2)=N1. The normalized spacial score (nSPS) is 16.2. The van der Waals surface area contributed by atoms with E-state index < -0.39 is 9.84 Å². The fourth-order valence-corrected chi connectivity index (χ4v) is 4.96. The first kappa shape index (κ1) is 21.3. The lowest BCUT2D eigenvalue weighted by molar-refractivity contribution is -0.130. The molecule has 0 saturated carbocycles. The van der Waals surface area contributed by atoms with Crippen molar-refractivity contribution in [2.45, 2.75) is 17.2 Å². The second-order valence-electron chi connectivity index (χ2n) is 7.31. The highest BCUT2D eigenvalue weighted by atomic mass is 35.5. The summed E-state index contributed by atoms with van der Waals surface area (Å²) in [6.45, 7) is 0.367. The first-order chi connectivity index (χ1) is 14.9. The first-order valence-corrected chi connectivity index (χ1v) is 11.9. The van der Waals surface area contributed by atoms with Crippen LogP contribution in [0.15, 0.2) is 94.9 Å². The molecule has 1 heterocycles. The molecule has 1 aliphatic heterocycles. The fourth-order valence-electron chi connectivity index (χ4n) is 3.58. The second-order valence-corrected chi connectivity index (χ2v) is 9.86. The molecular weight excluding hydrogens is 432 g/mol. The van der Waals surface area contributed by atoms with Gasteiger partial charge >= 0.3 is 0 Å². The van der Waals surface area contributed by atoms with Gasteiger partial charge in [-0.1, -0.05) is 72.3 Å². The van der Waals surface area contributed by atoms with Gasteiger partial charge < -0.3 is 0 Å². The Hall–Kier alpha value is -2.96. The van der Waals surface area contributed by atoms with E-state index in [9.17, 15) is 13.2 Å². The Morgan fingerprint density at radius 2 is 1.55 bits per heavy atom. The smallest absolute Gasteiger partial charge is 0.243 e. The third kappa shape index (κ3) is 4.86. The Bertz CT molecular complexity index is 1190. The number of benzene rings is 3. The molecule has 1 atom stereocenters. The second kappa shape index (κ2) is 9.04. The van der Waals surface area contributed by atoms with Crippen LogP contribution in [0.4, 0.5) is 0 Å². The van der Waals surface area contributed by atoms with Crippen LogP contribution in [-0.2, 0) is 14.6 Å². The molecule has 3 aromatic rings. The summed E-state index contributed by atoms with van der Waals surface area (Å²) in [5.74, 6) is -0.671. The summed E-state index contributed by atoms with van der Waals surface area (Å²) in [7, 11) is -3.53. The molecule has 0 radical (unpaired) electrons. The molecular formula is C24H21ClN2O3S. The number of carbonyl (C=O) groups is 1. The molecule has 7 heteroatoms. The van der Waals surface area contributed by atoms with Crippen molar-refractivity contribution in [3.63, 3.8) is 0 Å². The lowest BCUT2D eigenvalue weighted by Crippen LogP contribution is -2.27. The van der Waals surface area contributed by atoms with Gasteiger partial charge in [0.15, 0.2) is 9.84 Å². The molecule has 0 N–H and O–H groups in total. The van der Waals surface area contributed by atoms with Crippen molar-refractivity contribution in [1.29, 1.82) is 0 Å². The summed E-state index contributed by atoms with van der Waals surface area (Å²) in [4.78, 5) is 13.1. The van der Waals surface area contributed by atoms with E-state index in [1.54, 1.807) is 30.3 Å². The molecule has 0 bridgehead atoms. The molecule has 0 saturated heterocycles. The number of hydrazone groups is 1. The molecule has 4 rings (SSSR count). The van der Waals surface area contributed by atoms with E-state index in [1.807, 2.05) is 42.5 Å². The summed E-state index contributed by atoms with van der Waals surface area (Å²) < 4.78 is 25.1. The van der Waals surface area contributed by atoms with Crippen molar-refractivity contribution in [3.05, 3.63) is 101 Å². The highest BCUT2D eigenvalue weighted by Gasteiger charge is 2.32. The Balaban J connectivity index is 1.55. The van der Waals surface area contributed by atoms with Crippen LogP contribution in [0.25, 0.3) is 0 Å². The van der Waals surface area contributed by atoms with E-state index in [1.165, 1.54) is 17.1 Å². The van der Waals surface area contributed by atoms with Gasteiger partial charge in [0.1, 0.15) is 0 Å². The van der Waals surface area contributed by atoms with E-state index in [-0.39, 0.29) is 28.9 Å². The number of nitrogens with zero attached hydrogens (tertiary/aromatic N) is 2. The number of hydrogen-bond acceptors (Lipinski definition) is 4. The van der Waals surface area contributed by atoms with E-state index in [0.29, 0.717) is 11.6 Å². The van der Waals surface area contributed by atoms with Gasteiger partial charge in [0.25, 0.3) is 0 Å². The average Bonchev–Trinajstić information content (AvgIpc) is 3.25. The summed E-state index contributed by atoms with van der Waals surface area (Å²) >= 11 is 6.02. The predicted molar refractivity (Wildman–Crippen MR) is 122 cm³/mol. The van der Waals surface area contributed by atoms with Gasteiger partial charge in [-0.05, 0) is 35.4 Å². The maximum Gasteiger partial charge on any atom is 0.243 e. The van der Waals surface area contributed by atoms with Gasteiger partial charge in [-0.3, -0.25) is 4.79 Å². The topological polar surface area (TPSA) is 66.8 Å². The minimum absolute atomic E-state index is 0.0999. The van der Waals surface area contributed by atoms with Gasteiger partial charge in [-0.15, -0.1) is 0 Å². The molecule has 0 spiro atoms. The molecule has 0 aliphatic carbocycles. The van der Waals surface area contributed by atoms with Gasteiger partial charge in [0.2, 0.25) is 5.91 Å². The van der Waals surface area contributed by atoms with E-state index in [4.69, 9.17) is 11.6 Å². The van der Waals surface area contributed by atoms with Crippen molar-refractivity contribution >= 4 is 33.1 Å². The van der Waals surface area contributed by atoms with E-state index in [2.05, 4.69) is 5.10 Å². The summed E-state index contributed by atoms with van der Waals surface area (Å²) in [5, 5.41) is 6.60. The van der Waals surface area contributed by atoms with Crippen LogP contribution < -0.4 is 0 Å². The minimum atomic E-state index is -3.53. The number of carbonyl (C=O) groups excluding carboxylic acids is 1. The number of sulfone groups is 1. The van der Waals surface area contributed by atoms with Crippen LogP contribution in [0.1, 0.15) is 23.5 Å². The Morgan fingerprint density at radius 1 is 0.935 bits per heavy atom. The lowest BCUT2D eigenvalue weighted by atomic mass is 9.91. The zero-order valence-electron chi connectivity index (χ0n) is 16.7. The van der Waals surface area contributed by atoms with Gasteiger partial charge in [-0.2, -0.15) is 5.10 Å². The average molecular weight is 453 g/mol. The van der Waals surface area contributed by atoms with Crippen molar-refractivity contribution < 1.29 is 13.2 Å². The van der Waals surface area contributed by atoms with E-state index in [0.717, 1.165) is 16.8 Å². The van der Waals surface area contributed by atoms with Crippen molar-refractivity contribution in [1.82, 2.24) is 5.01 Å². The zero-order chi connectivity index (χ0) is 21.8. The molecule has 5 nitrogen and oxygen atoms in total. The van der Waals surface area contributed by atoms with Gasteiger partial charge in [0, 0.05) is 17.4 Å². The molecule has 31 heavy (non-hydrogen) atoms. The monoisotopic (exact) mass is 452 g/mol. The number of rotatable bonds is 6. The van der Waals surface area contributed by atoms with Crippen LogP contribution in [0.3, 0.4) is 0 Å². The standard InChI is InChI=1S/C24H21ClN2O3S/c25-20-13-11-19(12-14-20)24-22(18-7-3-1-4-8-18)17-27(26-24)23(28)15-16-31(29,30)21-9-5-2-6-10-21/h1-14,22H,15-17H2. The van der Waals surface area contributed by atoms with Crippen LogP contribution in [0.2, 0.25) is 5.02 Å². The maximum atomic E-state index is 12.9. The summed E-state index contributed by atoms with van der Waals surface area (Å²) in [6, 6.07) is 25.4. The number of hydrogen-bond donors (Lipinski definition) is 0. The minimum Gasteiger partial charge on any atom is -0.273 e. The quantitative estimate of drug-likeness (QED) is 0.551. The maximum absolute atomic E-state index is 12.9. The first-order valence-electron chi connectivity index (χ1n) is 9.91. The van der Waals surface area contributed by atoms with Crippen LogP contribution in [0, 0.1) is 0 Å². The summed E-state index contributed by atoms with van der Waals surface area (Å²) in [5.41, 5.74) is 2.69. The highest BCUT2D eigenvalue weighted by molar-refractivity contribution is 7.91. The zero-order valence-corrected chi connectivity index (χ0v) is 18.3. The summed E-state index contributed by atoms with van der Waals surface area (Å²) in [6.07, 6.45) is -0.129. The number of halogens is 1. The third-order valence-electron chi connectivity index (χ3n) is 5.23. The van der Waals surface area contributed by atoms with Crippen LogP contribution in [-0.4, -0.2) is 37.3 Å². The predicted octanol–water partition coefficient (Wildman–Crippen LogP) is 4.53. The molecule has 158 valence electrons. The van der Waals surface area contributed by atoms with Gasteiger partial charge in [0.05, 0.1) is 22.9 Å². The number of amides is 1. The van der Waals surface area contributed by atoms with Gasteiger partial charge in [-0.25, -0.2) is 13.4 Å². The fraction of sp³-hybridized carbons (Fsp3) is 0.167. The van der Waals surface area contributed by atoms with Crippen molar-refractivity contribution in [3.8, 4) is 0 Å². The molecule has 3 aromatic carbocycles. The van der Waals surface area contributed by atoms with Crippen molar-refractivity contribution in [2.75, 3.05) is 12.3 Å². The van der Waals surface area contributed by atoms with Crippen LogP contribution >= 0.6 is 11.6 Å².